The summed E-state index contributed by atoms with van der Waals surface area (Å²) in [4.78, 5) is 29.0. The smallest absolute Gasteiger partial charge is 0.257 e. The summed E-state index contributed by atoms with van der Waals surface area (Å²) in [7, 11) is 0. The summed E-state index contributed by atoms with van der Waals surface area (Å²) in [6.07, 6.45) is 3.32. The Balaban J connectivity index is 1.19. The lowest BCUT2D eigenvalue weighted by molar-refractivity contribution is 0.102. The van der Waals surface area contributed by atoms with Crippen molar-refractivity contribution in [3.63, 3.8) is 0 Å². The number of benzene rings is 1. The van der Waals surface area contributed by atoms with Gasteiger partial charge in [0.2, 0.25) is 0 Å². The number of rotatable bonds is 5. The number of ether oxygens (including phenoxy) is 1. The molecule has 12 heteroatoms. The van der Waals surface area contributed by atoms with E-state index in [4.69, 9.17) is 14.8 Å². The molecule has 0 saturated carbocycles. The monoisotopic (exact) mass is 539 g/mol. The normalized spacial score (nSPS) is 15.3. The highest BCUT2D eigenvalue weighted by molar-refractivity contribution is 6.04. The summed E-state index contributed by atoms with van der Waals surface area (Å²) >= 11 is 0. The fraction of sp³-hybridized carbons (Fsp3) is 0.250. The van der Waals surface area contributed by atoms with Gasteiger partial charge in [-0.1, -0.05) is 0 Å². The Kier molecular flexibility index (Phi) is 6.17. The topological polar surface area (TPSA) is 114 Å². The van der Waals surface area contributed by atoms with E-state index in [1.807, 2.05) is 12.1 Å². The molecule has 2 N–H and O–H groups in total. The molecule has 0 bridgehead atoms. The maximum Gasteiger partial charge on any atom is 0.257 e. The molecule has 7 rings (SSSR count). The summed E-state index contributed by atoms with van der Waals surface area (Å²) in [5, 5.41) is 11.1. The van der Waals surface area contributed by atoms with Gasteiger partial charge in [-0.15, -0.1) is 0 Å². The van der Waals surface area contributed by atoms with Gasteiger partial charge in [-0.2, -0.15) is 5.10 Å². The van der Waals surface area contributed by atoms with Gasteiger partial charge in [0, 0.05) is 43.5 Å². The first-order chi connectivity index (χ1) is 19.6. The minimum Gasteiger partial charge on any atom is -0.378 e. The predicted molar refractivity (Wildman–Crippen MR) is 147 cm³/mol. The van der Waals surface area contributed by atoms with Crippen molar-refractivity contribution in [2.45, 2.75) is 13.1 Å². The van der Waals surface area contributed by atoms with Crippen LogP contribution in [-0.4, -0.2) is 67.9 Å². The highest BCUT2D eigenvalue weighted by Gasteiger charge is 2.23. The standard InChI is InChI=1S/C28H26FN9O2/c29-20-3-1-18(2-4-20)26-27(37-10-9-30-16-25(37)34-26)21-5-6-23-32-22(17-38(23)35-21)33-28(39)19-7-8-31-24(15-19)36-11-13-40-14-12-36/h1-8,15,17,30H,9-14,16H2,(H,33,39). The van der Waals surface area contributed by atoms with Crippen LogP contribution in [0.4, 0.5) is 16.0 Å². The van der Waals surface area contributed by atoms with E-state index in [1.54, 1.807) is 41.2 Å². The molecule has 202 valence electrons. The highest BCUT2D eigenvalue weighted by atomic mass is 19.1. The molecule has 4 aromatic heterocycles. The fourth-order valence-corrected chi connectivity index (χ4v) is 5.12. The number of nitrogens with one attached hydrogen (secondary N) is 2. The van der Waals surface area contributed by atoms with Crippen molar-refractivity contribution < 1.29 is 13.9 Å². The molecule has 2 aliphatic rings. The lowest BCUT2D eigenvalue weighted by Crippen LogP contribution is -2.36. The molecular weight excluding hydrogens is 513 g/mol. The molecule has 1 aromatic carbocycles. The molecule has 1 amide bonds. The van der Waals surface area contributed by atoms with Crippen LogP contribution in [0.25, 0.3) is 28.3 Å². The van der Waals surface area contributed by atoms with Crippen molar-refractivity contribution in [1.82, 2.24) is 34.4 Å². The number of aromatic nitrogens is 6. The first-order valence-corrected chi connectivity index (χ1v) is 13.2. The van der Waals surface area contributed by atoms with Gasteiger partial charge in [0.15, 0.2) is 11.5 Å². The Hall–Kier alpha value is -4.68. The molecule has 1 saturated heterocycles. The maximum absolute atomic E-state index is 13.6. The Morgan fingerprint density at radius 1 is 1.02 bits per heavy atom. The third-order valence-electron chi connectivity index (χ3n) is 7.11. The molecule has 0 spiro atoms. The van der Waals surface area contributed by atoms with Crippen molar-refractivity contribution in [2.75, 3.05) is 43.1 Å². The number of hydrogen-bond acceptors (Lipinski definition) is 8. The van der Waals surface area contributed by atoms with E-state index in [2.05, 4.69) is 30.1 Å². The average molecular weight is 540 g/mol. The number of morpholine rings is 1. The second kappa shape index (κ2) is 10.1. The Morgan fingerprint density at radius 3 is 2.73 bits per heavy atom. The number of halogens is 1. The third kappa shape index (κ3) is 4.56. The second-order valence-electron chi connectivity index (χ2n) is 9.66. The molecule has 5 aromatic rings. The molecular formula is C28H26FN9O2. The van der Waals surface area contributed by atoms with E-state index in [1.165, 1.54) is 12.1 Å². The molecule has 2 aliphatic heterocycles. The van der Waals surface area contributed by atoms with Crippen molar-refractivity contribution >= 4 is 23.2 Å². The molecule has 0 radical (unpaired) electrons. The van der Waals surface area contributed by atoms with Crippen LogP contribution in [0.2, 0.25) is 0 Å². The van der Waals surface area contributed by atoms with E-state index < -0.39 is 0 Å². The van der Waals surface area contributed by atoms with Gasteiger partial charge in [0.05, 0.1) is 37.3 Å². The van der Waals surface area contributed by atoms with Crippen LogP contribution >= 0.6 is 0 Å². The van der Waals surface area contributed by atoms with Gasteiger partial charge >= 0.3 is 0 Å². The minimum absolute atomic E-state index is 0.281. The Morgan fingerprint density at radius 2 is 1.88 bits per heavy atom. The van der Waals surface area contributed by atoms with E-state index in [0.29, 0.717) is 42.5 Å². The number of hydrogen-bond donors (Lipinski definition) is 2. The highest BCUT2D eigenvalue weighted by Crippen LogP contribution is 2.33. The number of imidazole rings is 2. The van der Waals surface area contributed by atoms with E-state index >= 15 is 0 Å². The van der Waals surface area contributed by atoms with E-state index in [0.717, 1.165) is 54.8 Å². The number of carbonyl (C=O) groups excluding carboxylic acids is 1. The zero-order valence-electron chi connectivity index (χ0n) is 21.5. The minimum atomic E-state index is -0.299. The SMILES string of the molecule is O=C(Nc1cn2nc(-c3c(-c4ccc(F)cc4)nc4n3CCNC4)ccc2n1)c1ccnc(N2CCOCC2)c1. The van der Waals surface area contributed by atoms with Gasteiger partial charge in [-0.25, -0.2) is 23.9 Å². The number of pyridine rings is 1. The van der Waals surface area contributed by atoms with Crippen molar-refractivity contribution in [1.29, 1.82) is 0 Å². The van der Waals surface area contributed by atoms with E-state index in [9.17, 15) is 9.18 Å². The van der Waals surface area contributed by atoms with Crippen LogP contribution in [0.15, 0.2) is 60.9 Å². The third-order valence-corrected chi connectivity index (χ3v) is 7.11. The van der Waals surface area contributed by atoms with Crippen molar-refractivity contribution in [3.8, 4) is 22.6 Å². The van der Waals surface area contributed by atoms with Crippen molar-refractivity contribution in [3.05, 3.63) is 78.1 Å². The second-order valence-corrected chi connectivity index (χ2v) is 9.66. The Labute approximate surface area is 228 Å². The fourth-order valence-electron chi connectivity index (χ4n) is 5.12. The molecule has 40 heavy (non-hydrogen) atoms. The van der Waals surface area contributed by atoms with Crippen LogP contribution in [0, 0.1) is 5.82 Å². The van der Waals surface area contributed by atoms with Gasteiger partial charge in [0.1, 0.15) is 23.2 Å². The predicted octanol–water partition coefficient (Wildman–Crippen LogP) is 2.99. The molecule has 0 atom stereocenters. The largest absolute Gasteiger partial charge is 0.378 e. The Bertz CT molecular complexity index is 1710. The summed E-state index contributed by atoms with van der Waals surface area (Å²) < 4.78 is 22.8. The van der Waals surface area contributed by atoms with Crippen LogP contribution in [0.3, 0.4) is 0 Å². The molecule has 1 fully saturated rings. The van der Waals surface area contributed by atoms with Crippen LogP contribution in [0.1, 0.15) is 16.2 Å². The first-order valence-electron chi connectivity index (χ1n) is 13.2. The zero-order valence-corrected chi connectivity index (χ0v) is 21.5. The lowest BCUT2D eigenvalue weighted by atomic mass is 10.1. The van der Waals surface area contributed by atoms with Crippen LogP contribution in [-0.2, 0) is 17.8 Å². The zero-order chi connectivity index (χ0) is 27.1. The quantitative estimate of drug-likeness (QED) is 0.351. The van der Waals surface area contributed by atoms with E-state index in [-0.39, 0.29) is 11.7 Å². The van der Waals surface area contributed by atoms with Gasteiger partial charge in [0.25, 0.3) is 5.91 Å². The number of amides is 1. The molecule has 0 aliphatic carbocycles. The first kappa shape index (κ1) is 24.4. The van der Waals surface area contributed by atoms with Gasteiger partial charge in [-0.3, -0.25) is 4.79 Å². The lowest BCUT2D eigenvalue weighted by Gasteiger charge is -2.27. The van der Waals surface area contributed by atoms with Crippen LogP contribution in [0.5, 0.6) is 0 Å². The maximum atomic E-state index is 13.6. The molecule has 0 unspecified atom stereocenters. The summed E-state index contributed by atoms with van der Waals surface area (Å²) in [5.41, 5.74) is 4.20. The summed E-state index contributed by atoms with van der Waals surface area (Å²) in [6, 6.07) is 13.5. The summed E-state index contributed by atoms with van der Waals surface area (Å²) in [6.45, 7) is 4.93. The summed E-state index contributed by atoms with van der Waals surface area (Å²) in [5.74, 6) is 1.45. The number of anilines is 2. The average Bonchev–Trinajstić information content (AvgIpc) is 3.58. The molecule has 6 heterocycles. The van der Waals surface area contributed by atoms with Gasteiger partial charge < -0.3 is 24.8 Å². The van der Waals surface area contributed by atoms with Crippen molar-refractivity contribution in [2.24, 2.45) is 0 Å². The molecule has 11 nitrogen and oxygen atoms in total. The number of carbonyl (C=O) groups is 1. The van der Waals surface area contributed by atoms with Gasteiger partial charge in [-0.05, 0) is 48.5 Å². The van der Waals surface area contributed by atoms with Crippen LogP contribution < -0.4 is 15.5 Å². The number of fused-ring (bicyclic) bond motifs is 2. The number of nitrogens with zero attached hydrogens (tertiary/aromatic N) is 7.